The minimum absolute atomic E-state index is 0.242. The first kappa shape index (κ1) is 14.3. The van der Waals surface area contributed by atoms with Crippen LogP contribution < -0.4 is 5.32 Å². The number of fused-ring (bicyclic) bond motifs is 1. The van der Waals surface area contributed by atoms with E-state index >= 15 is 0 Å². The fraction of sp³-hybridized carbons (Fsp3) is 0.0588. The third kappa shape index (κ3) is 2.79. The molecular formula is C17H13FN6. The summed E-state index contributed by atoms with van der Waals surface area (Å²) in [6, 6.07) is 8.55. The third-order valence-corrected chi connectivity index (χ3v) is 3.62. The largest absolute Gasteiger partial charge is 0.324 e. The standard InChI is InChI=1S/C17H13FN6/c18-14-4-2-1-3-12(14)11-24-15-7-16(21-8-13(15)9-22-24)23-17-10-19-5-6-20-17/h1-10H,11H2,(H,20,21,23). The van der Waals surface area contributed by atoms with Crippen LogP contribution in [0.4, 0.5) is 16.0 Å². The number of nitrogens with one attached hydrogen (secondary N) is 1. The van der Waals surface area contributed by atoms with Gasteiger partial charge in [0.1, 0.15) is 17.5 Å². The zero-order valence-corrected chi connectivity index (χ0v) is 12.6. The van der Waals surface area contributed by atoms with Crippen molar-refractivity contribution in [2.45, 2.75) is 6.54 Å². The maximum atomic E-state index is 13.9. The van der Waals surface area contributed by atoms with E-state index in [0.29, 0.717) is 23.7 Å². The summed E-state index contributed by atoms with van der Waals surface area (Å²) in [5.74, 6) is 0.982. The predicted octanol–water partition coefficient (Wildman–Crippen LogP) is 3.15. The predicted molar refractivity (Wildman–Crippen MR) is 88.3 cm³/mol. The molecule has 0 aliphatic heterocycles. The highest BCUT2D eigenvalue weighted by atomic mass is 19.1. The van der Waals surface area contributed by atoms with E-state index in [1.54, 1.807) is 47.8 Å². The van der Waals surface area contributed by atoms with E-state index in [4.69, 9.17) is 0 Å². The Morgan fingerprint density at radius 2 is 1.92 bits per heavy atom. The Balaban J connectivity index is 1.67. The Hall–Kier alpha value is -3.35. The van der Waals surface area contributed by atoms with Crippen LogP contribution in [0.5, 0.6) is 0 Å². The molecule has 0 radical (unpaired) electrons. The van der Waals surface area contributed by atoms with E-state index in [1.807, 2.05) is 12.1 Å². The fourth-order valence-electron chi connectivity index (χ4n) is 2.45. The van der Waals surface area contributed by atoms with Crippen LogP contribution in [0, 0.1) is 5.82 Å². The first-order valence-corrected chi connectivity index (χ1v) is 7.37. The van der Waals surface area contributed by atoms with Gasteiger partial charge in [0.2, 0.25) is 0 Å². The van der Waals surface area contributed by atoms with Gasteiger partial charge >= 0.3 is 0 Å². The average Bonchev–Trinajstić information content (AvgIpc) is 3.00. The summed E-state index contributed by atoms with van der Waals surface area (Å²) in [6.07, 6.45) is 8.26. The molecule has 0 fully saturated rings. The van der Waals surface area contributed by atoms with Gasteiger partial charge in [-0.3, -0.25) is 9.67 Å². The highest BCUT2D eigenvalue weighted by Crippen LogP contribution is 2.20. The second kappa shape index (κ2) is 6.04. The molecule has 118 valence electrons. The number of hydrogen-bond donors (Lipinski definition) is 1. The lowest BCUT2D eigenvalue weighted by molar-refractivity contribution is 0.590. The zero-order chi connectivity index (χ0) is 16.4. The van der Waals surface area contributed by atoms with Gasteiger partial charge in [-0.1, -0.05) is 18.2 Å². The molecule has 0 aliphatic carbocycles. The molecule has 4 aromatic rings. The Bertz CT molecular complexity index is 983. The van der Waals surface area contributed by atoms with Crippen molar-refractivity contribution < 1.29 is 4.39 Å². The highest BCUT2D eigenvalue weighted by Gasteiger charge is 2.08. The lowest BCUT2D eigenvalue weighted by atomic mass is 10.2. The fourth-order valence-corrected chi connectivity index (χ4v) is 2.45. The summed E-state index contributed by atoms with van der Waals surface area (Å²) in [5.41, 5.74) is 1.45. The van der Waals surface area contributed by atoms with E-state index in [1.165, 1.54) is 6.07 Å². The van der Waals surface area contributed by atoms with Crippen molar-refractivity contribution in [1.29, 1.82) is 0 Å². The van der Waals surface area contributed by atoms with Gasteiger partial charge in [0.25, 0.3) is 0 Å². The van der Waals surface area contributed by atoms with Crippen molar-refractivity contribution in [3.63, 3.8) is 0 Å². The lowest BCUT2D eigenvalue weighted by Crippen LogP contribution is -2.04. The maximum absolute atomic E-state index is 13.9. The topological polar surface area (TPSA) is 68.5 Å². The monoisotopic (exact) mass is 320 g/mol. The van der Waals surface area contributed by atoms with Crippen molar-refractivity contribution in [3.8, 4) is 0 Å². The minimum atomic E-state index is -0.242. The van der Waals surface area contributed by atoms with Gasteiger partial charge in [-0.25, -0.2) is 14.4 Å². The first-order valence-electron chi connectivity index (χ1n) is 7.37. The molecule has 7 heteroatoms. The lowest BCUT2D eigenvalue weighted by Gasteiger charge is -2.07. The van der Waals surface area contributed by atoms with Crippen molar-refractivity contribution >= 4 is 22.5 Å². The summed E-state index contributed by atoms with van der Waals surface area (Å²) in [7, 11) is 0. The van der Waals surface area contributed by atoms with Gasteiger partial charge in [0.05, 0.1) is 24.5 Å². The summed E-state index contributed by atoms with van der Waals surface area (Å²) in [4.78, 5) is 12.5. The molecule has 1 aromatic carbocycles. The molecule has 1 N–H and O–H groups in total. The molecule has 0 amide bonds. The van der Waals surface area contributed by atoms with Gasteiger partial charge in [-0.05, 0) is 6.07 Å². The highest BCUT2D eigenvalue weighted by molar-refractivity contribution is 5.80. The van der Waals surface area contributed by atoms with Crippen LogP contribution in [0.1, 0.15) is 5.56 Å². The second-order valence-electron chi connectivity index (χ2n) is 5.24. The minimum Gasteiger partial charge on any atom is -0.324 e. The van der Waals surface area contributed by atoms with Crippen molar-refractivity contribution in [3.05, 3.63) is 72.7 Å². The number of rotatable bonds is 4. The van der Waals surface area contributed by atoms with Crippen LogP contribution in [0.15, 0.2) is 61.3 Å². The summed E-state index contributed by atoms with van der Waals surface area (Å²) >= 11 is 0. The van der Waals surface area contributed by atoms with Crippen LogP contribution in [-0.2, 0) is 6.54 Å². The van der Waals surface area contributed by atoms with Crippen LogP contribution in [0.3, 0.4) is 0 Å². The molecule has 4 rings (SSSR count). The van der Waals surface area contributed by atoms with Gasteiger partial charge in [0.15, 0.2) is 0 Å². The van der Waals surface area contributed by atoms with Gasteiger partial charge in [0, 0.05) is 35.6 Å². The molecule has 0 saturated heterocycles. The summed E-state index contributed by atoms with van der Waals surface area (Å²) in [6.45, 7) is 0.352. The molecule has 24 heavy (non-hydrogen) atoms. The van der Waals surface area contributed by atoms with Crippen LogP contribution >= 0.6 is 0 Å². The number of pyridine rings is 1. The van der Waals surface area contributed by atoms with E-state index < -0.39 is 0 Å². The molecule has 3 aromatic heterocycles. The van der Waals surface area contributed by atoms with Gasteiger partial charge < -0.3 is 5.32 Å². The van der Waals surface area contributed by atoms with Crippen LogP contribution in [-0.4, -0.2) is 24.7 Å². The Morgan fingerprint density at radius 3 is 2.75 bits per heavy atom. The van der Waals surface area contributed by atoms with E-state index in [-0.39, 0.29) is 5.82 Å². The van der Waals surface area contributed by atoms with E-state index in [2.05, 4.69) is 25.4 Å². The Labute approximate surface area is 137 Å². The molecule has 0 spiro atoms. The van der Waals surface area contributed by atoms with Crippen LogP contribution in [0.25, 0.3) is 10.9 Å². The third-order valence-electron chi connectivity index (χ3n) is 3.62. The number of anilines is 2. The molecule has 3 heterocycles. The molecular weight excluding hydrogens is 307 g/mol. The molecule has 0 aliphatic rings. The number of halogens is 1. The molecule has 0 bridgehead atoms. The molecule has 0 unspecified atom stereocenters. The maximum Gasteiger partial charge on any atom is 0.150 e. The Morgan fingerprint density at radius 1 is 1.00 bits per heavy atom. The summed E-state index contributed by atoms with van der Waals surface area (Å²) < 4.78 is 15.6. The van der Waals surface area contributed by atoms with Crippen molar-refractivity contribution in [2.24, 2.45) is 0 Å². The SMILES string of the molecule is Fc1ccccc1Cn1ncc2cnc(Nc3cnccn3)cc21. The first-order chi connectivity index (χ1) is 11.8. The van der Waals surface area contributed by atoms with Gasteiger partial charge in [-0.15, -0.1) is 0 Å². The number of hydrogen-bond acceptors (Lipinski definition) is 5. The van der Waals surface area contributed by atoms with Gasteiger partial charge in [-0.2, -0.15) is 5.10 Å². The summed E-state index contributed by atoms with van der Waals surface area (Å²) in [5, 5.41) is 8.31. The molecule has 0 saturated carbocycles. The average molecular weight is 320 g/mol. The quantitative estimate of drug-likeness (QED) is 0.625. The molecule has 6 nitrogen and oxygen atoms in total. The van der Waals surface area contributed by atoms with Crippen molar-refractivity contribution in [2.75, 3.05) is 5.32 Å². The van der Waals surface area contributed by atoms with E-state index in [0.717, 1.165) is 10.9 Å². The number of benzene rings is 1. The number of aromatic nitrogens is 5. The molecule has 0 atom stereocenters. The Kier molecular flexibility index (Phi) is 3.59. The smallest absolute Gasteiger partial charge is 0.150 e. The van der Waals surface area contributed by atoms with Crippen LogP contribution in [0.2, 0.25) is 0 Å². The van der Waals surface area contributed by atoms with E-state index in [9.17, 15) is 4.39 Å². The van der Waals surface area contributed by atoms with Crippen molar-refractivity contribution in [1.82, 2.24) is 24.7 Å². The number of nitrogens with zero attached hydrogens (tertiary/aromatic N) is 5. The zero-order valence-electron chi connectivity index (χ0n) is 12.6. The second-order valence-corrected chi connectivity index (χ2v) is 5.24. The normalized spacial score (nSPS) is 10.9.